The van der Waals surface area contributed by atoms with E-state index in [9.17, 15) is 13.6 Å². The minimum atomic E-state index is -1.11. The van der Waals surface area contributed by atoms with E-state index in [2.05, 4.69) is 15.9 Å². The maximum atomic E-state index is 13.2. The van der Waals surface area contributed by atoms with Gasteiger partial charge >= 0.3 is 0 Å². The van der Waals surface area contributed by atoms with Gasteiger partial charge in [-0.1, -0.05) is 15.9 Å². The molecule has 1 aliphatic heterocycles. The Kier molecular flexibility index (Phi) is 2.84. The van der Waals surface area contributed by atoms with Crippen LogP contribution in [-0.2, 0) is 4.79 Å². The van der Waals surface area contributed by atoms with Crippen molar-refractivity contribution >= 4 is 33.2 Å². The van der Waals surface area contributed by atoms with Gasteiger partial charge in [-0.3, -0.25) is 4.79 Å². The monoisotopic (exact) mass is 290 g/mol. The van der Waals surface area contributed by atoms with Crippen LogP contribution in [0, 0.1) is 11.6 Å². The third-order valence-corrected chi connectivity index (χ3v) is 3.09. The van der Waals surface area contributed by atoms with Crippen LogP contribution >= 0.6 is 15.9 Å². The molecule has 2 rings (SSSR count). The Morgan fingerprint density at radius 2 is 2.12 bits per heavy atom. The summed E-state index contributed by atoms with van der Waals surface area (Å²) in [5.41, 5.74) is 5.35. The Balaban J connectivity index is 2.42. The van der Waals surface area contributed by atoms with Crippen LogP contribution in [0.5, 0.6) is 0 Å². The Hall–Kier alpha value is -1.17. The van der Waals surface area contributed by atoms with Crippen molar-refractivity contribution in [1.82, 2.24) is 0 Å². The molecule has 0 bridgehead atoms. The number of hydrogen-bond acceptors (Lipinski definition) is 2. The maximum absolute atomic E-state index is 13.2. The number of benzene rings is 1. The molecule has 0 aromatic heterocycles. The third kappa shape index (κ3) is 1.77. The lowest BCUT2D eigenvalue weighted by Gasteiger charge is -2.18. The smallest absolute Gasteiger partial charge is 0.228 e. The van der Waals surface area contributed by atoms with Crippen LogP contribution in [0.1, 0.15) is 6.42 Å². The Bertz CT molecular complexity index is 453. The number of hydrogen-bond donors (Lipinski definition) is 1. The number of alkyl halides is 1. The van der Waals surface area contributed by atoms with Crippen molar-refractivity contribution in [3.8, 4) is 0 Å². The quantitative estimate of drug-likeness (QED) is 0.636. The van der Waals surface area contributed by atoms with Crippen molar-refractivity contribution in [2.45, 2.75) is 11.2 Å². The normalized spacial score (nSPS) is 20.6. The first-order chi connectivity index (χ1) is 7.50. The van der Waals surface area contributed by atoms with Gasteiger partial charge in [-0.15, -0.1) is 0 Å². The van der Waals surface area contributed by atoms with Crippen LogP contribution in [0.15, 0.2) is 12.1 Å². The van der Waals surface area contributed by atoms with Gasteiger partial charge in [-0.25, -0.2) is 8.78 Å². The number of nitrogens with zero attached hydrogens (tertiary/aromatic N) is 1. The molecule has 1 heterocycles. The molecule has 16 heavy (non-hydrogen) atoms. The second-order valence-corrected chi connectivity index (χ2v) is 4.89. The highest BCUT2D eigenvalue weighted by Crippen LogP contribution is 2.32. The van der Waals surface area contributed by atoms with E-state index in [1.54, 1.807) is 0 Å². The predicted octanol–water partition coefficient (Wildman–Crippen LogP) is 2.05. The summed E-state index contributed by atoms with van der Waals surface area (Å²) in [6.07, 6.45) is 0.332. The van der Waals surface area contributed by atoms with Gasteiger partial charge in [-0.05, 0) is 12.1 Å². The second-order valence-electron chi connectivity index (χ2n) is 3.60. The molecule has 3 nitrogen and oxygen atoms in total. The average Bonchev–Trinajstić information content (AvgIpc) is 2.55. The number of nitrogens with two attached hydrogens (primary N) is 1. The third-order valence-electron chi connectivity index (χ3n) is 2.48. The van der Waals surface area contributed by atoms with E-state index >= 15 is 0 Å². The minimum absolute atomic E-state index is 0.0208. The predicted molar refractivity (Wildman–Crippen MR) is 60.5 cm³/mol. The SMILES string of the molecule is Nc1c(N2CC(Br)CC2=O)ccc(F)c1F. The number of rotatable bonds is 1. The first-order valence-corrected chi connectivity index (χ1v) is 5.60. The summed E-state index contributed by atoms with van der Waals surface area (Å²) in [7, 11) is 0. The highest BCUT2D eigenvalue weighted by molar-refractivity contribution is 9.09. The van der Waals surface area contributed by atoms with Gasteiger partial charge in [0, 0.05) is 17.8 Å². The second kappa shape index (κ2) is 4.01. The van der Waals surface area contributed by atoms with Crippen molar-refractivity contribution in [3.05, 3.63) is 23.8 Å². The van der Waals surface area contributed by atoms with E-state index in [1.165, 1.54) is 11.0 Å². The number of carbonyl (C=O) groups is 1. The molecule has 0 aliphatic carbocycles. The lowest BCUT2D eigenvalue weighted by molar-refractivity contribution is -0.117. The summed E-state index contributed by atoms with van der Waals surface area (Å²) < 4.78 is 26.1. The standard InChI is InChI=1S/C10H9BrF2N2O/c11-5-3-8(16)15(4-5)7-2-1-6(12)9(13)10(7)14/h1-2,5H,3-4,14H2. The van der Waals surface area contributed by atoms with E-state index in [-0.39, 0.29) is 22.1 Å². The van der Waals surface area contributed by atoms with Crippen molar-refractivity contribution in [1.29, 1.82) is 0 Å². The highest BCUT2D eigenvalue weighted by atomic mass is 79.9. The van der Waals surface area contributed by atoms with Crippen LogP contribution < -0.4 is 10.6 Å². The molecule has 86 valence electrons. The molecule has 1 aromatic carbocycles. The molecule has 0 spiro atoms. The van der Waals surface area contributed by atoms with Gasteiger partial charge in [0.05, 0.1) is 11.4 Å². The van der Waals surface area contributed by atoms with E-state index in [1.807, 2.05) is 0 Å². The number of halogens is 3. The summed E-state index contributed by atoms with van der Waals surface area (Å²) in [4.78, 5) is 12.9. The van der Waals surface area contributed by atoms with Gasteiger partial charge in [-0.2, -0.15) is 0 Å². The zero-order valence-corrected chi connectivity index (χ0v) is 9.80. The zero-order valence-electron chi connectivity index (χ0n) is 8.21. The molecule has 0 saturated carbocycles. The minimum Gasteiger partial charge on any atom is -0.395 e. The fourth-order valence-electron chi connectivity index (χ4n) is 1.69. The maximum Gasteiger partial charge on any atom is 0.228 e. The van der Waals surface area contributed by atoms with Gasteiger partial charge in [0.1, 0.15) is 0 Å². The lowest BCUT2D eigenvalue weighted by Crippen LogP contribution is -2.26. The lowest BCUT2D eigenvalue weighted by atomic mass is 10.2. The van der Waals surface area contributed by atoms with Crippen LogP contribution in [-0.4, -0.2) is 17.3 Å². The molecule has 6 heteroatoms. The summed E-state index contributed by atoms with van der Waals surface area (Å²) in [5, 5.41) is 0. The Morgan fingerprint density at radius 1 is 1.44 bits per heavy atom. The summed E-state index contributed by atoms with van der Waals surface area (Å²) in [5.74, 6) is -2.27. The van der Waals surface area contributed by atoms with Crippen LogP contribution in [0.3, 0.4) is 0 Å². The largest absolute Gasteiger partial charge is 0.395 e. The molecular formula is C10H9BrF2N2O. The van der Waals surface area contributed by atoms with E-state index in [0.29, 0.717) is 13.0 Å². The summed E-state index contributed by atoms with van der Waals surface area (Å²) in [6, 6.07) is 2.28. The molecule has 0 radical (unpaired) electrons. The van der Waals surface area contributed by atoms with E-state index in [4.69, 9.17) is 5.73 Å². The molecular weight excluding hydrogens is 282 g/mol. The fourth-order valence-corrected chi connectivity index (χ4v) is 2.25. The van der Waals surface area contributed by atoms with Crippen molar-refractivity contribution in [2.24, 2.45) is 0 Å². The van der Waals surface area contributed by atoms with Gasteiger partial charge < -0.3 is 10.6 Å². The number of carbonyl (C=O) groups excluding carboxylic acids is 1. The van der Waals surface area contributed by atoms with Gasteiger partial charge in [0.15, 0.2) is 11.6 Å². The van der Waals surface area contributed by atoms with E-state index in [0.717, 1.165) is 6.07 Å². The topological polar surface area (TPSA) is 46.3 Å². The molecule has 1 saturated heterocycles. The first-order valence-electron chi connectivity index (χ1n) is 4.68. The first kappa shape index (κ1) is 11.3. The molecule has 1 aliphatic rings. The van der Waals surface area contributed by atoms with Crippen LogP contribution in [0.25, 0.3) is 0 Å². The molecule has 1 atom stereocenters. The molecule has 1 unspecified atom stereocenters. The van der Waals surface area contributed by atoms with Crippen molar-refractivity contribution in [3.63, 3.8) is 0 Å². The van der Waals surface area contributed by atoms with Gasteiger partial charge in [0.2, 0.25) is 5.91 Å². The number of nitrogen functional groups attached to an aromatic ring is 1. The van der Waals surface area contributed by atoms with E-state index < -0.39 is 11.6 Å². The Morgan fingerprint density at radius 3 is 2.69 bits per heavy atom. The van der Waals surface area contributed by atoms with Crippen LogP contribution in [0.4, 0.5) is 20.2 Å². The summed E-state index contributed by atoms with van der Waals surface area (Å²) >= 11 is 3.30. The molecule has 1 aromatic rings. The average molecular weight is 291 g/mol. The molecule has 1 amide bonds. The zero-order chi connectivity index (χ0) is 11.9. The number of amides is 1. The fraction of sp³-hybridized carbons (Fsp3) is 0.300. The van der Waals surface area contributed by atoms with Crippen molar-refractivity contribution in [2.75, 3.05) is 17.2 Å². The highest BCUT2D eigenvalue weighted by Gasteiger charge is 2.30. The van der Waals surface area contributed by atoms with Gasteiger partial charge in [0.25, 0.3) is 0 Å². The number of anilines is 2. The summed E-state index contributed by atoms with van der Waals surface area (Å²) in [6.45, 7) is 0.411. The van der Waals surface area contributed by atoms with Crippen molar-refractivity contribution < 1.29 is 13.6 Å². The molecule has 1 fully saturated rings. The molecule has 2 N–H and O–H groups in total. The van der Waals surface area contributed by atoms with Crippen LogP contribution in [0.2, 0.25) is 0 Å². The Labute approximate surface area is 99.3 Å².